The standard InChI is InChI=1S/C26H20N2O/c1-16(17-10-6-11-20-18-8-2-4-13-22(18)27-25(17)20)29-24-15-7-12-21-19-9-3-5-14-23(19)28-26(21)24/h2-16,27-28H,1H3. The first kappa shape index (κ1) is 16.3. The van der Waals surface area contributed by atoms with E-state index in [1.165, 1.54) is 21.5 Å². The summed E-state index contributed by atoms with van der Waals surface area (Å²) >= 11 is 0. The average molecular weight is 376 g/mol. The number of H-pyrrole nitrogens is 2. The number of ether oxygens (including phenoxy) is 1. The summed E-state index contributed by atoms with van der Waals surface area (Å²) in [6, 6.07) is 29.5. The maximum absolute atomic E-state index is 6.50. The number of fused-ring (bicyclic) bond motifs is 6. The summed E-state index contributed by atoms with van der Waals surface area (Å²) in [5, 5.41) is 4.89. The number of benzene rings is 4. The van der Waals surface area contributed by atoms with E-state index in [1.54, 1.807) is 0 Å². The number of hydrogen-bond donors (Lipinski definition) is 2. The van der Waals surface area contributed by atoms with E-state index in [9.17, 15) is 0 Å². The van der Waals surface area contributed by atoms with Gasteiger partial charge in [0.2, 0.25) is 0 Å². The molecule has 140 valence electrons. The van der Waals surface area contributed by atoms with E-state index >= 15 is 0 Å². The van der Waals surface area contributed by atoms with Crippen LogP contribution in [0.25, 0.3) is 43.6 Å². The summed E-state index contributed by atoms with van der Waals surface area (Å²) in [5.41, 5.74) is 5.63. The Hall–Kier alpha value is -3.72. The highest BCUT2D eigenvalue weighted by Crippen LogP contribution is 2.36. The monoisotopic (exact) mass is 376 g/mol. The third-order valence-electron chi connectivity index (χ3n) is 5.82. The number of rotatable bonds is 3. The van der Waals surface area contributed by atoms with Crippen molar-refractivity contribution in [1.29, 1.82) is 0 Å². The first-order valence-corrected chi connectivity index (χ1v) is 9.95. The van der Waals surface area contributed by atoms with E-state index in [-0.39, 0.29) is 6.10 Å². The highest BCUT2D eigenvalue weighted by atomic mass is 16.5. The van der Waals surface area contributed by atoms with Crippen molar-refractivity contribution in [3.8, 4) is 5.75 Å². The third kappa shape index (κ3) is 2.44. The molecule has 2 heterocycles. The maximum Gasteiger partial charge on any atom is 0.144 e. The molecule has 0 aliphatic rings. The molecule has 6 rings (SSSR count). The van der Waals surface area contributed by atoms with E-state index in [0.717, 1.165) is 33.4 Å². The molecule has 0 saturated heterocycles. The van der Waals surface area contributed by atoms with Gasteiger partial charge in [-0.25, -0.2) is 0 Å². The fourth-order valence-corrected chi connectivity index (χ4v) is 4.43. The predicted molar refractivity (Wildman–Crippen MR) is 121 cm³/mol. The van der Waals surface area contributed by atoms with Gasteiger partial charge in [-0.1, -0.05) is 66.7 Å². The van der Waals surface area contributed by atoms with Crippen molar-refractivity contribution in [2.24, 2.45) is 0 Å². The van der Waals surface area contributed by atoms with Gasteiger partial charge in [-0.2, -0.15) is 0 Å². The topological polar surface area (TPSA) is 40.8 Å². The first-order valence-electron chi connectivity index (χ1n) is 9.95. The Labute approximate surface area is 167 Å². The van der Waals surface area contributed by atoms with Gasteiger partial charge in [0.15, 0.2) is 0 Å². The lowest BCUT2D eigenvalue weighted by Crippen LogP contribution is -2.04. The second-order valence-corrected chi connectivity index (χ2v) is 7.55. The Bertz CT molecular complexity index is 1510. The zero-order valence-corrected chi connectivity index (χ0v) is 16.1. The zero-order chi connectivity index (χ0) is 19.4. The molecule has 1 unspecified atom stereocenters. The van der Waals surface area contributed by atoms with E-state index in [0.29, 0.717) is 0 Å². The molecule has 2 N–H and O–H groups in total. The van der Waals surface area contributed by atoms with Crippen molar-refractivity contribution in [1.82, 2.24) is 9.97 Å². The van der Waals surface area contributed by atoms with Crippen LogP contribution in [0.1, 0.15) is 18.6 Å². The predicted octanol–water partition coefficient (Wildman–Crippen LogP) is 7.10. The lowest BCUT2D eigenvalue weighted by molar-refractivity contribution is 0.231. The molecular formula is C26H20N2O. The Morgan fingerprint density at radius 1 is 0.586 bits per heavy atom. The maximum atomic E-state index is 6.50. The molecule has 4 aromatic carbocycles. The van der Waals surface area contributed by atoms with Crippen LogP contribution in [0, 0.1) is 0 Å². The molecule has 0 aliphatic heterocycles. The molecule has 3 nitrogen and oxygen atoms in total. The SMILES string of the molecule is CC(Oc1cccc2c1[nH]c1ccccc12)c1cccc2c1[nH]c1ccccc12. The number of nitrogens with one attached hydrogen (secondary N) is 2. The fourth-order valence-electron chi connectivity index (χ4n) is 4.43. The van der Waals surface area contributed by atoms with Gasteiger partial charge in [0.1, 0.15) is 11.9 Å². The lowest BCUT2D eigenvalue weighted by atomic mass is 10.1. The minimum Gasteiger partial charge on any atom is -0.484 e. The summed E-state index contributed by atoms with van der Waals surface area (Å²) in [6.45, 7) is 2.11. The average Bonchev–Trinajstić information content (AvgIpc) is 3.32. The van der Waals surface area contributed by atoms with Crippen LogP contribution in [0.4, 0.5) is 0 Å². The smallest absolute Gasteiger partial charge is 0.144 e. The Kier molecular flexibility index (Phi) is 3.44. The van der Waals surface area contributed by atoms with Crippen molar-refractivity contribution in [2.75, 3.05) is 0 Å². The van der Waals surface area contributed by atoms with E-state index < -0.39 is 0 Å². The number of aromatic amines is 2. The van der Waals surface area contributed by atoms with Gasteiger partial charge in [-0.3, -0.25) is 0 Å². The van der Waals surface area contributed by atoms with Gasteiger partial charge in [0.05, 0.1) is 11.0 Å². The third-order valence-corrected chi connectivity index (χ3v) is 5.82. The van der Waals surface area contributed by atoms with Crippen LogP contribution in [-0.2, 0) is 0 Å². The number of hydrogen-bond acceptors (Lipinski definition) is 1. The molecule has 0 fully saturated rings. The van der Waals surface area contributed by atoms with Crippen LogP contribution >= 0.6 is 0 Å². The summed E-state index contributed by atoms with van der Waals surface area (Å²) in [4.78, 5) is 7.11. The Morgan fingerprint density at radius 3 is 1.86 bits per heavy atom. The zero-order valence-electron chi connectivity index (χ0n) is 16.1. The number of para-hydroxylation sites is 4. The van der Waals surface area contributed by atoms with Gasteiger partial charge < -0.3 is 14.7 Å². The molecule has 0 bridgehead atoms. The molecule has 2 aromatic heterocycles. The molecule has 6 aromatic rings. The normalized spacial score (nSPS) is 12.9. The lowest BCUT2D eigenvalue weighted by Gasteiger charge is -2.16. The van der Waals surface area contributed by atoms with Crippen LogP contribution in [-0.4, -0.2) is 9.97 Å². The summed E-state index contributed by atoms with van der Waals surface area (Å²) < 4.78 is 6.50. The van der Waals surface area contributed by atoms with Crippen molar-refractivity contribution in [2.45, 2.75) is 13.0 Å². The molecule has 29 heavy (non-hydrogen) atoms. The molecule has 0 spiro atoms. The highest BCUT2D eigenvalue weighted by Gasteiger charge is 2.16. The minimum absolute atomic E-state index is 0.0937. The summed E-state index contributed by atoms with van der Waals surface area (Å²) in [6.07, 6.45) is -0.0937. The molecule has 0 radical (unpaired) electrons. The quantitative estimate of drug-likeness (QED) is 0.340. The summed E-state index contributed by atoms with van der Waals surface area (Å²) in [7, 11) is 0. The van der Waals surface area contributed by atoms with E-state index in [1.807, 2.05) is 6.07 Å². The van der Waals surface area contributed by atoms with Crippen LogP contribution in [0.15, 0.2) is 84.9 Å². The van der Waals surface area contributed by atoms with Gasteiger partial charge >= 0.3 is 0 Å². The van der Waals surface area contributed by atoms with Gasteiger partial charge in [0.25, 0.3) is 0 Å². The molecular weight excluding hydrogens is 356 g/mol. The largest absolute Gasteiger partial charge is 0.484 e. The fraction of sp³-hybridized carbons (Fsp3) is 0.0769. The van der Waals surface area contributed by atoms with Crippen LogP contribution in [0.3, 0.4) is 0 Å². The van der Waals surface area contributed by atoms with Crippen molar-refractivity contribution in [3.05, 3.63) is 90.5 Å². The van der Waals surface area contributed by atoms with E-state index in [2.05, 4.69) is 95.8 Å². The first-order chi connectivity index (χ1) is 14.3. The Morgan fingerprint density at radius 2 is 1.14 bits per heavy atom. The van der Waals surface area contributed by atoms with Gasteiger partial charge in [0, 0.05) is 38.1 Å². The number of aromatic nitrogens is 2. The van der Waals surface area contributed by atoms with Crippen molar-refractivity contribution in [3.63, 3.8) is 0 Å². The molecule has 0 saturated carbocycles. The minimum atomic E-state index is -0.0937. The van der Waals surface area contributed by atoms with Gasteiger partial charge in [-0.05, 0) is 25.1 Å². The highest BCUT2D eigenvalue weighted by molar-refractivity contribution is 6.09. The molecule has 0 amide bonds. The molecule has 1 atom stereocenters. The van der Waals surface area contributed by atoms with Crippen LogP contribution < -0.4 is 4.74 Å². The Balaban J connectivity index is 1.47. The second kappa shape index (κ2) is 6.14. The van der Waals surface area contributed by atoms with Gasteiger partial charge in [-0.15, -0.1) is 0 Å². The van der Waals surface area contributed by atoms with Crippen molar-refractivity contribution >= 4 is 43.6 Å². The van der Waals surface area contributed by atoms with Crippen molar-refractivity contribution < 1.29 is 4.74 Å². The summed E-state index contributed by atoms with van der Waals surface area (Å²) in [5.74, 6) is 0.874. The molecule has 3 heteroatoms. The van der Waals surface area contributed by atoms with E-state index in [4.69, 9.17) is 4.74 Å². The second-order valence-electron chi connectivity index (χ2n) is 7.55. The van der Waals surface area contributed by atoms with Crippen LogP contribution in [0.2, 0.25) is 0 Å². The van der Waals surface area contributed by atoms with Crippen LogP contribution in [0.5, 0.6) is 5.75 Å². The molecule has 0 aliphatic carbocycles.